The molecular weight excluding hydrogens is 338 g/mol. The fourth-order valence-corrected chi connectivity index (χ4v) is 2.60. The topological polar surface area (TPSA) is 148 Å². The van der Waals surface area contributed by atoms with Gasteiger partial charge in [0, 0.05) is 13.2 Å². The number of rotatable bonds is 13. The maximum Gasteiger partial charge on any atom is 0.314 e. The lowest BCUT2D eigenvalue weighted by atomic mass is 10.0. The third-order valence-corrected chi connectivity index (χ3v) is 3.90. The molecule has 2 atom stereocenters. The smallest absolute Gasteiger partial charge is 0.314 e. The second-order valence-corrected chi connectivity index (χ2v) is 5.99. The predicted octanol–water partition coefficient (Wildman–Crippen LogP) is -1.05. The number of carbonyl (C=O) groups is 4. The summed E-state index contributed by atoms with van der Waals surface area (Å²) in [6.45, 7) is 3.38. The molecule has 0 saturated heterocycles. The Hall–Kier alpha value is -1.65. The van der Waals surface area contributed by atoms with Crippen LogP contribution in [0.15, 0.2) is 0 Å². The zero-order chi connectivity index (χ0) is 18.5. The molecule has 5 N–H and O–H groups in total. The summed E-state index contributed by atoms with van der Waals surface area (Å²) in [4.78, 5) is 46.0. The summed E-state index contributed by atoms with van der Waals surface area (Å²) < 4.78 is 5.28. The van der Waals surface area contributed by atoms with Crippen molar-refractivity contribution in [2.45, 2.75) is 25.7 Å². The van der Waals surface area contributed by atoms with Crippen LogP contribution in [-0.2, 0) is 23.9 Å². The summed E-state index contributed by atoms with van der Waals surface area (Å²) in [5.74, 6) is -3.40. The molecule has 0 aliphatic heterocycles. The molecule has 2 amide bonds. The quantitative estimate of drug-likeness (QED) is 0.239. The first-order valence-electron chi connectivity index (χ1n) is 7.60. The molecule has 0 bridgehead atoms. The van der Waals surface area contributed by atoms with Crippen molar-refractivity contribution in [1.29, 1.82) is 0 Å². The molecule has 9 nitrogen and oxygen atoms in total. The van der Waals surface area contributed by atoms with Crippen molar-refractivity contribution in [3.8, 4) is 0 Å². The zero-order valence-corrected chi connectivity index (χ0v) is 14.7. The normalized spacial score (nSPS) is 13.0. The van der Waals surface area contributed by atoms with Gasteiger partial charge >= 0.3 is 5.97 Å². The second-order valence-electron chi connectivity index (χ2n) is 4.66. The highest BCUT2D eigenvalue weighted by atomic mass is 32.2. The molecule has 0 aliphatic rings. The lowest BCUT2D eigenvalue weighted by molar-refractivity contribution is -0.148. The predicted molar refractivity (Wildman–Crippen MR) is 89.4 cm³/mol. The molecule has 0 rings (SSSR count). The lowest BCUT2D eigenvalue weighted by Crippen LogP contribution is -2.41. The average molecular weight is 363 g/mol. The molecule has 0 saturated carbocycles. The summed E-state index contributed by atoms with van der Waals surface area (Å²) in [7, 11) is 0. The molecule has 0 radical (unpaired) electrons. The molecule has 24 heavy (non-hydrogen) atoms. The van der Waals surface area contributed by atoms with Gasteiger partial charge in [0.2, 0.25) is 11.8 Å². The molecule has 0 aliphatic carbocycles. The van der Waals surface area contributed by atoms with Crippen LogP contribution in [0.25, 0.3) is 0 Å². The van der Waals surface area contributed by atoms with E-state index >= 15 is 0 Å². The van der Waals surface area contributed by atoms with Crippen LogP contribution in [0.2, 0.25) is 0 Å². The molecule has 10 heteroatoms. The van der Waals surface area contributed by atoms with E-state index < -0.39 is 34.9 Å². The van der Waals surface area contributed by atoms with E-state index in [1.54, 1.807) is 6.92 Å². The number of aliphatic carboxylic acids is 1. The monoisotopic (exact) mass is 363 g/mol. The van der Waals surface area contributed by atoms with Gasteiger partial charge in [-0.2, -0.15) is 0 Å². The van der Waals surface area contributed by atoms with Crippen LogP contribution in [0.1, 0.15) is 20.3 Å². The number of ketones is 1. The molecule has 0 aromatic carbocycles. The van der Waals surface area contributed by atoms with Gasteiger partial charge in [-0.25, -0.2) is 0 Å². The van der Waals surface area contributed by atoms with Gasteiger partial charge in [-0.1, -0.05) is 6.92 Å². The van der Waals surface area contributed by atoms with Gasteiger partial charge in [-0.05, 0) is 19.1 Å². The lowest BCUT2D eigenvalue weighted by Gasteiger charge is -2.19. The molecule has 0 fully saturated rings. The van der Waals surface area contributed by atoms with Crippen LogP contribution >= 0.6 is 11.8 Å². The van der Waals surface area contributed by atoms with Crippen LogP contribution < -0.4 is 16.4 Å². The Morgan fingerprint density at radius 1 is 1.17 bits per heavy atom. The van der Waals surface area contributed by atoms with Crippen molar-refractivity contribution in [3.63, 3.8) is 0 Å². The fraction of sp³-hybridized carbons (Fsp3) is 0.714. The van der Waals surface area contributed by atoms with E-state index in [1.807, 2.05) is 6.92 Å². The number of carboxylic acid groups (broad SMARTS) is 1. The Bertz CT molecular complexity index is 440. The first-order valence-corrected chi connectivity index (χ1v) is 8.65. The summed E-state index contributed by atoms with van der Waals surface area (Å²) in [6, 6.07) is 0. The number of thioether (sulfide) groups is 1. The van der Waals surface area contributed by atoms with Crippen LogP contribution in [0.4, 0.5) is 0 Å². The van der Waals surface area contributed by atoms with Gasteiger partial charge in [0.25, 0.3) is 0 Å². The number of Topliss-reactive ketones (excluding diaryl/α,β-unsaturated/α-hetero) is 1. The summed E-state index contributed by atoms with van der Waals surface area (Å²) in [6.07, 6.45) is -0.0570. The number of amides is 2. The molecule has 0 spiro atoms. The highest BCUT2D eigenvalue weighted by Crippen LogP contribution is 2.19. The molecule has 138 valence electrons. The summed E-state index contributed by atoms with van der Waals surface area (Å²) >= 11 is 1.23. The van der Waals surface area contributed by atoms with Crippen molar-refractivity contribution in [3.05, 3.63) is 0 Å². The highest BCUT2D eigenvalue weighted by molar-refractivity contribution is 8.00. The zero-order valence-electron chi connectivity index (χ0n) is 13.9. The molecule has 0 heterocycles. The van der Waals surface area contributed by atoms with Crippen molar-refractivity contribution < 1.29 is 29.0 Å². The number of carboxylic acids is 1. The van der Waals surface area contributed by atoms with Crippen molar-refractivity contribution >= 4 is 35.3 Å². The number of hydrogen-bond acceptors (Lipinski definition) is 7. The van der Waals surface area contributed by atoms with E-state index in [0.29, 0.717) is 12.4 Å². The first-order chi connectivity index (χ1) is 11.4. The van der Waals surface area contributed by atoms with Gasteiger partial charge in [-0.15, -0.1) is 11.8 Å². The van der Waals surface area contributed by atoms with Crippen LogP contribution in [0, 0.1) is 5.92 Å². The van der Waals surface area contributed by atoms with Gasteiger partial charge < -0.3 is 26.2 Å². The minimum atomic E-state index is -1.26. The van der Waals surface area contributed by atoms with E-state index in [2.05, 4.69) is 10.6 Å². The second kappa shape index (κ2) is 12.7. The van der Waals surface area contributed by atoms with Crippen LogP contribution in [0.3, 0.4) is 0 Å². The Morgan fingerprint density at radius 2 is 1.83 bits per heavy atom. The van der Waals surface area contributed by atoms with Crippen LogP contribution in [0.5, 0.6) is 0 Å². The Morgan fingerprint density at radius 3 is 2.33 bits per heavy atom. The van der Waals surface area contributed by atoms with E-state index in [1.165, 1.54) is 11.8 Å². The van der Waals surface area contributed by atoms with Crippen molar-refractivity contribution in [2.75, 3.05) is 32.0 Å². The Kier molecular flexibility index (Phi) is 11.9. The number of nitrogens with two attached hydrogens (primary N) is 1. The van der Waals surface area contributed by atoms with Gasteiger partial charge in [0.1, 0.15) is 5.92 Å². The maximum atomic E-state index is 12.3. The summed E-state index contributed by atoms with van der Waals surface area (Å²) in [5.41, 5.74) is 4.25. The molecule has 1 unspecified atom stereocenters. The van der Waals surface area contributed by atoms with E-state index in [9.17, 15) is 24.3 Å². The largest absolute Gasteiger partial charge is 0.481 e. The molecular formula is C14H25N3O6S. The fourth-order valence-electron chi connectivity index (χ4n) is 1.74. The van der Waals surface area contributed by atoms with Crippen molar-refractivity contribution in [1.82, 2.24) is 10.6 Å². The van der Waals surface area contributed by atoms with Gasteiger partial charge in [-0.3, -0.25) is 19.2 Å². The number of nitrogens with one attached hydrogen (secondary N) is 2. The molecule has 0 aromatic heterocycles. The standard InChI is InChI=1S/C14H25N3O6S/c1-3-23-14(24-4-2)12(20)9(13(21)22)5-6-16-11(19)8-17-10(18)7-15/h9,14H,3-8,15H2,1-2H3,(H,16,19)(H,17,18)(H,21,22)/t9?,14-/m0/s1. The van der Waals surface area contributed by atoms with E-state index in [0.717, 1.165) is 0 Å². The minimum absolute atomic E-state index is 0.00429. The van der Waals surface area contributed by atoms with Gasteiger partial charge in [0.15, 0.2) is 11.2 Å². The van der Waals surface area contributed by atoms with Crippen molar-refractivity contribution in [2.24, 2.45) is 11.7 Å². The summed E-state index contributed by atoms with van der Waals surface area (Å²) in [5, 5.41) is 14.0. The third kappa shape index (κ3) is 8.85. The highest BCUT2D eigenvalue weighted by Gasteiger charge is 2.32. The SMILES string of the molecule is CCO[C@@H](SCC)C(=O)C(CCNC(=O)CNC(=O)CN)C(=O)O. The Labute approximate surface area is 145 Å². The maximum absolute atomic E-state index is 12.3. The van der Waals surface area contributed by atoms with E-state index in [4.69, 9.17) is 10.5 Å². The number of carbonyl (C=O) groups excluding carboxylic acids is 3. The Balaban J connectivity index is 4.47. The average Bonchev–Trinajstić information content (AvgIpc) is 2.55. The van der Waals surface area contributed by atoms with Gasteiger partial charge in [0.05, 0.1) is 13.1 Å². The number of ether oxygens (including phenoxy) is 1. The third-order valence-electron chi connectivity index (χ3n) is 2.90. The van der Waals surface area contributed by atoms with E-state index in [-0.39, 0.29) is 26.1 Å². The minimum Gasteiger partial charge on any atom is -0.481 e. The molecule has 0 aromatic rings. The first kappa shape index (κ1) is 22.4. The van der Waals surface area contributed by atoms with Crippen LogP contribution in [-0.4, -0.2) is 66.1 Å². The number of hydrogen-bond donors (Lipinski definition) is 4.